The van der Waals surface area contributed by atoms with Crippen molar-refractivity contribution in [1.82, 2.24) is 0 Å². The lowest BCUT2D eigenvalue weighted by Crippen LogP contribution is -2.07. The van der Waals surface area contributed by atoms with Crippen molar-refractivity contribution in [3.05, 3.63) is 89.5 Å². The first-order valence-electron chi connectivity index (χ1n) is 7.92. The molecule has 0 fully saturated rings. The summed E-state index contributed by atoms with van der Waals surface area (Å²) in [7, 11) is 0. The molecule has 4 heteroatoms. The third kappa shape index (κ3) is 4.07. The Morgan fingerprint density at radius 1 is 0.885 bits per heavy atom. The SMILES string of the molecule is C#Cc1ccc(C(F)(F)F)c(-c2ccc(OCc3ccccc3)cc2)c1. The molecular formula is C22H15F3O. The number of hydrogen-bond donors (Lipinski definition) is 0. The third-order valence-corrected chi connectivity index (χ3v) is 3.91. The van der Waals surface area contributed by atoms with E-state index in [0.717, 1.165) is 11.6 Å². The quantitative estimate of drug-likeness (QED) is 0.529. The van der Waals surface area contributed by atoms with E-state index in [1.807, 2.05) is 30.3 Å². The van der Waals surface area contributed by atoms with E-state index < -0.39 is 11.7 Å². The number of halogens is 3. The summed E-state index contributed by atoms with van der Waals surface area (Å²) in [4.78, 5) is 0. The Morgan fingerprint density at radius 2 is 1.58 bits per heavy atom. The Balaban J connectivity index is 1.85. The van der Waals surface area contributed by atoms with Gasteiger partial charge in [-0.1, -0.05) is 48.4 Å². The van der Waals surface area contributed by atoms with E-state index in [1.165, 1.54) is 12.1 Å². The normalized spacial score (nSPS) is 11.0. The van der Waals surface area contributed by atoms with Crippen molar-refractivity contribution in [2.75, 3.05) is 0 Å². The topological polar surface area (TPSA) is 9.23 Å². The van der Waals surface area contributed by atoms with E-state index in [-0.39, 0.29) is 5.56 Å². The molecule has 0 aliphatic rings. The van der Waals surface area contributed by atoms with Gasteiger partial charge in [0.2, 0.25) is 0 Å². The fraction of sp³-hybridized carbons (Fsp3) is 0.0909. The number of ether oxygens (including phenoxy) is 1. The van der Waals surface area contributed by atoms with Crippen LogP contribution in [0, 0.1) is 12.3 Å². The largest absolute Gasteiger partial charge is 0.489 e. The molecule has 130 valence electrons. The Labute approximate surface area is 150 Å². The molecule has 0 aromatic heterocycles. The maximum absolute atomic E-state index is 13.3. The van der Waals surface area contributed by atoms with Gasteiger partial charge >= 0.3 is 6.18 Å². The first-order chi connectivity index (χ1) is 12.5. The van der Waals surface area contributed by atoms with E-state index in [4.69, 9.17) is 11.2 Å². The van der Waals surface area contributed by atoms with Crippen molar-refractivity contribution >= 4 is 0 Å². The van der Waals surface area contributed by atoms with E-state index >= 15 is 0 Å². The molecule has 0 N–H and O–H groups in total. The lowest BCUT2D eigenvalue weighted by Gasteiger charge is -2.14. The van der Waals surface area contributed by atoms with Crippen LogP contribution < -0.4 is 4.74 Å². The van der Waals surface area contributed by atoms with Crippen LogP contribution >= 0.6 is 0 Å². The Bertz CT molecular complexity index is 920. The van der Waals surface area contributed by atoms with Gasteiger partial charge in [-0.15, -0.1) is 6.42 Å². The van der Waals surface area contributed by atoms with Crippen LogP contribution in [-0.4, -0.2) is 0 Å². The van der Waals surface area contributed by atoms with Gasteiger partial charge in [-0.3, -0.25) is 0 Å². The first-order valence-corrected chi connectivity index (χ1v) is 7.92. The zero-order chi connectivity index (χ0) is 18.6. The lowest BCUT2D eigenvalue weighted by molar-refractivity contribution is -0.137. The van der Waals surface area contributed by atoms with Crippen molar-refractivity contribution in [1.29, 1.82) is 0 Å². The highest BCUT2D eigenvalue weighted by Gasteiger charge is 2.33. The third-order valence-electron chi connectivity index (χ3n) is 3.91. The van der Waals surface area contributed by atoms with Crippen LogP contribution in [0.15, 0.2) is 72.8 Å². The molecule has 0 atom stereocenters. The monoisotopic (exact) mass is 352 g/mol. The van der Waals surface area contributed by atoms with Crippen molar-refractivity contribution in [3.63, 3.8) is 0 Å². The van der Waals surface area contributed by atoms with Gasteiger partial charge in [0.05, 0.1) is 5.56 Å². The summed E-state index contributed by atoms with van der Waals surface area (Å²) in [5.41, 5.74) is 1.19. The standard InChI is InChI=1S/C22H15F3O/c1-2-16-8-13-21(22(23,24)25)20(14-16)18-9-11-19(12-10-18)26-15-17-6-4-3-5-7-17/h1,3-14H,15H2. The molecule has 3 aromatic rings. The van der Waals surface area contributed by atoms with Gasteiger partial charge in [-0.05, 0) is 47.0 Å². The highest BCUT2D eigenvalue weighted by Crippen LogP contribution is 2.38. The fourth-order valence-electron chi connectivity index (χ4n) is 2.59. The molecule has 0 unspecified atom stereocenters. The number of rotatable bonds is 4. The molecule has 0 heterocycles. The minimum atomic E-state index is -4.45. The molecule has 0 radical (unpaired) electrons. The van der Waals surface area contributed by atoms with Crippen molar-refractivity contribution in [2.24, 2.45) is 0 Å². The minimum Gasteiger partial charge on any atom is -0.489 e. The second-order valence-electron chi connectivity index (χ2n) is 5.70. The maximum Gasteiger partial charge on any atom is 0.417 e. The first kappa shape index (κ1) is 17.6. The predicted octanol–water partition coefficient (Wildman–Crippen LogP) is 5.93. The van der Waals surface area contributed by atoms with Gasteiger partial charge in [0.15, 0.2) is 0 Å². The summed E-state index contributed by atoms with van der Waals surface area (Å²) in [6, 6.07) is 19.8. The van der Waals surface area contributed by atoms with E-state index in [9.17, 15) is 13.2 Å². The van der Waals surface area contributed by atoms with E-state index in [2.05, 4.69) is 5.92 Å². The highest BCUT2D eigenvalue weighted by molar-refractivity contribution is 5.70. The zero-order valence-electron chi connectivity index (χ0n) is 13.8. The summed E-state index contributed by atoms with van der Waals surface area (Å²) in [5, 5.41) is 0. The van der Waals surface area contributed by atoms with Gasteiger partial charge in [0.1, 0.15) is 12.4 Å². The lowest BCUT2D eigenvalue weighted by atomic mass is 9.97. The number of terminal acetylenes is 1. The average molecular weight is 352 g/mol. The van der Waals surface area contributed by atoms with Crippen LogP contribution in [0.1, 0.15) is 16.7 Å². The second kappa shape index (κ2) is 7.37. The average Bonchev–Trinajstić information content (AvgIpc) is 2.66. The van der Waals surface area contributed by atoms with Crippen LogP contribution in [0.5, 0.6) is 5.75 Å². The Morgan fingerprint density at radius 3 is 2.19 bits per heavy atom. The van der Waals surface area contributed by atoms with Crippen LogP contribution in [0.4, 0.5) is 13.2 Å². The van der Waals surface area contributed by atoms with Crippen molar-refractivity contribution in [3.8, 4) is 29.2 Å². The number of hydrogen-bond acceptors (Lipinski definition) is 1. The summed E-state index contributed by atoms with van der Waals surface area (Å²) >= 11 is 0. The fourth-order valence-corrected chi connectivity index (χ4v) is 2.59. The minimum absolute atomic E-state index is 0.0579. The maximum atomic E-state index is 13.3. The second-order valence-corrected chi connectivity index (χ2v) is 5.70. The van der Waals surface area contributed by atoms with Gasteiger partial charge in [-0.25, -0.2) is 0 Å². The molecule has 3 rings (SSSR count). The molecule has 3 aromatic carbocycles. The molecule has 0 saturated heterocycles. The van der Waals surface area contributed by atoms with E-state index in [1.54, 1.807) is 24.3 Å². The Kier molecular flexibility index (Phi) is 4.99. The molecular weight excluding hydrogens is 337 g/mol. The summed E-state index contributed by atoms with van der Waals surface area (Å²) < 4.78 is 45.5. The smallest absolute Gasteiger partial charge is 0.417 e. The molecule has 26 heavy (non-hydrogen) atoms. The van der Waals surface area contributed by atoms with Gasteiger partial charge < -0.3 is 4.74 Å². The molecule has 0 aliphatic carbocycles. The number of alkyl halides is 3. The summed E-state index contributed by atoms with van der Waals surface area (Å²) in [6.45, 7) is 0.389. The van der Waals surface area contributed by atoms with Gasteiger partial charge in [-0.2, -0.15) is 13.2 Å². The molecule has 1 nitrogen and oxygen atoms in total. The molecule has 0 saturated carbocycles. The predicted molar refractivity (Wildman–Crippen MR) is 95.6 cm³/mol. The molecule has 0 bridgehead atoms. The van der Waals surface area contributed by atoms with Crippen LogP contribution in [0.25, 0.3) is 11.1 Å². The Hall–Kier alpha value is -3.19. The van der Waals surface area contributed by atoms with Crippen LogP contribution in [0.3, 0.4) is 0 Å². The zero-order valence-corrected chi connectivity index (χ0v) is 13.8. The van der Waals surface area contributed by atoms with Gasteiger partial charge in [0.25, 0.3) is 0 Å². The van der Waals surface area contributed by atoms with Crippen LogP contribution in [-0.2, 0) is 12.8 Å². The molecule has 0 amide bonds. The summed E-state index contributed by atoms with van der Waals surface area (Å²) in [5.74, 6) is 2.96. The molecule has 0 spiro atoms. The van der Waals surface area contributed by atoms with Crippen molar-refractivity contribution < 1.29 is 17.9 Å². The summed E-state index contributed by atoms with van der Waals surface area (Å²) in [6.07, 6.45) is 0.870. The van der Waals surface area contributed by atoms with E-state index in [0.29, 0.717) is 23.5 Å². The number of benzene rings is 3. The van der Waals surface area contributed by atoms with Crippen molar-refractivity contribution in [2.45, 2.75) is 12.8 Å². The van der Waals surface area contributed by atoms with Crippen LogP contribution in [0.2, 0.25) is 0 Å². The molecule has 0 aliphatic heterocycles. The van der Waals surface area contributed by atoms with Gasteiger partial charge in [0, 0.05) is 5.56 Å². The highest BCUT2D eigenvalue weighted by atomic mass is 19.4.